The predicted molar refractivity (Wildman–Crippen MR) is 83.3 cm³/mol. The van der Waals surface area contributed by atoms with Gasteiger partial charge in [-0.05, 0) is 37.8 Å². The van der Waals surface area contributed by atoms with Crippen molar-refractivity contribution in [3.8, 4) is 0 Å². The molecule has 0 saturated carbocycles. The van der Waals surface area contributed by atoms with Crippen molar-refractivity contribution in [1.29, 1.82) is 0 Å². The Morgan fingerprint density at radius 2 is 2.00 bits per heavy atom. The first-order valence-electron chi connectivity index (χ1n) is 7.20. The van der Waals surface area contributed by atoms with Crippen LogP contribution in [0.25, 0.3) is 6.08 Å². The molecular weight excluding hydrogens is 250 g/mol. The highest BCUT2D eigenvalue weighted by Gasteiger charge is 2.09. The molecule has 3 nitrogen and oxygen atoms in total. The van der Waals surface area contributed by atoms with Gasteiger partial charge >= 0.3 is 0 Å². The van der Waals surface area contributed by atoms with E-state index < -0.39 is 0 Å². The molecule has 0 heterocycles. The standard InChI is InChI=1S/C17H25NO2/c1-4-15(9-10-19)12-18-17(20)14(3)11-16-7-5-13(2)6-8-16/h5-8,11,15,19H,4,9-10,12H2,1-3H3,(H,18,20)/b14-11+. The highest BCUT2D eigenvalue weighted by molar-refractivity contribution is 5.97. The van der Waals surface area contributed by atoms with Gasteiger partial charge in [-0.3, -0.25) is 4.79 Å². The third kappa shape index (κ3) is 5.57. The van der Waals surface area contributed by atoms with Crippen molar-refractivity contribution in [3.63, 3.8) is 0 Å². The number of amides is 1. The summed E-state index contributed by atoms with van der Waals surface area (Å²) in [6.45, 7) is 6.73. The van der Waals surface area contributed by atoms with Crippen molar-refractivity contribution in [3.05, 3.63) is 41.0 Å². The lowest BCUT2D eigenvalue weighted by atomic mass is 10.0. The van der Waals surface area contributed by atoms with E-state index in [9.17, 15) is 4.79 Å². The fraction of sp³-hybridized carbons (Fsp3) is 0.471. The van der Waals surface area contributed by atoms with Crippen molar-refractivity contribution in [2.75, 3.05) is 13.2 Å². The van der Waals surface area contributed by atoms with Gasteiger partial charge in [-0.2, -0.15) is 0 Å². The number of carbonyl (C=O) groups excluding carboxylic acids is 1. The second kappa shape index (κ2) is 8.54. The maximum absolute atomic E-state index is 12.0. The second-order valence-electron chi connectivity index (χ2n) is 5.23. The molecule has 110 valence electrons. The van der Waals surface area contributed by atoms with Crippen molar-refractivity contribution >= 4 is 12.0 Å². The van der Waals surface area contributed by atoms with E-state index in [4.69, 9.17) is 5.11 Å². The summed E-state index contributed by atoms with van der Waals surface area (Å²) < 4.78 is 0. The Kier molecular flexibility index (Phi) is 7.02. The summed E-state index contributed by atoms with van der Waals surface area (Å²) in [4.78, 5) is 12.0. The SMILES string of the molecule is CCC(CCO)CNC(=O)/C(C)=C/c1ccc(C)cc1. The molecule has 3 heteroatoms. The van der Waals surface area contributed by atoms with E-state index >= 15 is 0 Å². The summed E-state index contributed by atoms with van der Waals surface area (Å²) in [6, 6.07) is 8.08. The minimum absolute atomic E-state index is 0.0398. The van der Waals surface area contributed by atoms with Gasteiger partial charge in [0.05, 0.1) is 0 Å². The molecule has 1 atom stereocenters. The molecule has 0 radical (unpaired) electrons. The van der Waals surface area contributed by atoms with E-state index in [0.29, 0.717) is 18.0 Å². The lowest BCUT2D eigenvalue weighted by Gasteiger charge is -2.14. The Bertz CT molecular complexity index is 449. The quantitative estimate of drug-likeness (QED) is 0.752. The predicted octanol–water partition coefficient (Wildman–Crippen LogP) is 2.92. The number of rotatable bonds is 7. The molecule has 0 aromatic heterocycles. The smallest absolute Gasteiger partial charge is 0.246 e. The molecule has 1 aromatic carbocycles. The Morgan fingerprint density at radius 1 is 1.35 bits per heavy atom. The summed E-state index contributed by atoms with van der Waals surface area (Å²) in [6.07, 6.45) is 3.58. The zero-order valence-corrected chi connectivity index (χ0v) is 12.6. The number of aryl methyl sites for hydroxylation is 1. The van der Waals surface area contributed by atoms with Crippen LogP contribution in [0.15, 0.2) is 29.8 Å². The monoisotopic (exact) mass is 275 g/mol. The molecule has 0 aliphatic heterocycles. The molecule has 0 aliphatic rings. The number of nitrogens with one attached hydrogen (secondary N) is 1. The largest absolute Gasteiger partial charge is 0.396 e. The van der Waals surface area contributed by atoms with Crippen molar-refractivity contribution in [2.24, 2.45) is 5.92 Å². The Balaban J connectivity index is 2.55. The molecule has 0 aliphatic carbocycles. The van der Waals surface area contributed by atoms with Crippen molar-refractivity contribution in [2.45, 2.75) is 33.6 Å². The summed E-state index contributed by atoms with van der Waals surface area (Å²) >= 11 is 0. The molecule has 1 rings (SSSR count). The van der Waals surface area contributed by atoms with E-state index in [1.54, 1.807) is 0 Å². The Hall–Kier alpha value is -1.61. The number of aliphatic hydroxyl groups excluding tert-OH is 1. The van der Waals surface area contributed by atoms with Gasteiger partial charge in [0.2, 0.25) is 5.91 Å². The molecule has 1 amide bonds. The van der Waals surface area contributed by atoms with Crippen molar-refractivity contribution in [1.82, 2.24) is 5.32 Å². The zero-order valence-electron chi connectivity index (χ0n) is 12.6. The summed E-state index contributed by atoms with van der Waals surface area (Å²) in [5.74, 6) is 0.304. The van der Waals surface area contributed by atoms with Gasteiger partial charge in [-0.1, -0.05) is 43.2 Å². The summed E-state index contributed by atoms with van der Waals surface area (Å²) in [5.41, 5.74) is 2.94. The van der Waals surface area contributed by atoms with Crippen LogP contribution in [0.2, 0.25) is 0 Å². The lowest BCUT2D eigenvalue weighted by Crippen LogP contribution is -2.30. The van der Waals surface area contributed by atoms with Gasteiger partial charge in [0.25, 0.3) is 0 Å². The number of hydrogen-bond acceptors (Lipinski definition) is 2. The fourth-order valence-corrected chi connectivity index (χ4v) is 1.99. The van der Waals surface area contributed by atoms with Gasteiger partial charge in [-0.15, -0.1) is 0 Å². The molecular formula is C17H25NO2. The molecule has 20 heavy (non-hydrogen) atoms. The van der Waals surface area contributed by atoms with Gasteiger partial charge in [0, 0.05) is 18.7 Å². The van der Waals surface area contributed by atoms with Crippen LogP contribution in [0.1, 0.15) is 37.8 Å². The van der Waals surface area contributed by atoms with Gasteiger partial charge in [0.1, 0.15) is 0 Å². The van der Waals surface area contributed by atoms with Crippen molar-refractivity contribution < 1.29 is 9.90 Å². The average molecular weight is 275 g/mol. The average Bonchev–Trinajstić information content (AvgIpc) is 2.45. The molecule has 0 bridgehead atoms. The topological polar surface area (TPSA) is 49.3 Å². The number of benzene rings is 1. The molecule has 2 N–H and O–H groups in total. The highest BCUT2D eigenvalue weighted by atomic mass is 16.3. The molecule has 0 saturated heterocycles. The molecule has 0 spiro atoms. The van der Waals surface area contributed by atoms with Crippen LogP contribution in [0, 0.1) is 12.8 Å². The Labute approximate surface area is 121 Å². The number of hydrogen-bond donors (Lipinski definition) is 2. The van der Waals surface area contributed by atoms with E-state index in [0.717, 1.165) is 18.4 Å². The van der Waals surface area contributed by atoms with Crippen LogP contribution < -0.4 is 5.32 Å². The Morgan fingerprint density at radius 3 is 2.55 bits per heavy atom. The summed E-state index contributed by atoms with van der Waals surface area (Å²) in [5, 5.41) is 11.9. The van der Waals surface area contributed by atoms with Gasteiger partial charge in [-0.25, -0.2) is 0 Å². The number of carbonyl (C=O) groups is 1. The maximum Gasteiger partial charge on any atom is 0.246 e. The van der Waals surface area contributed by atoms with Gasteiger partial charge in [0.15, 0.2) is 0 Å². The zero-order chi connectivity index (χ0) is 15.0. The first kappa shape index (κ1) is 16.4. The van der Waals surface area contributed by atoms with Crippen LogP contribution >= 0.6 is 0 Å². The van der Waals surface area contributed by atoms with Crippen LogP contribution in [0.4, 0.5) is 0 Å². The highest BCUT2D eigenvalue weighted by Crippen LogP contribution is 2.09. The van der Waals surface area contributed by atoms with Gasteiger partial charge < -0.3 is 10.4 Å². The third-order valence-electron chi connectivity index (χ3n) is 3.48. The molecule has 0 fully saturated rings. The van der Waals surface area contributed by atoms with Crippen LogP contribution in [-0.4, -0.2) is 24.2 Å². The fourth-order valence-electron chi connectivity index (χ4n) is 1.99. The number of aliphatic hydroxyl groups is 1. The van der Waals surface area contributed by atoms with E-state index in [1.807, 2.05) is 44.2 Å². The summed E-state index contributed by atoms with van der Waals surface area (Å²) in [7, 11) is 0. The lowest BCUT2D eigenvalue weighted by molar-refractivity contribution is -0.117. The van der Waals surface area contributed by atoms with E-state index in [-0.39, 0.29) is 12.5 Å². The molecule has 1 aromatic rings. The minimum Gasteiger partial charge on any atom is -0.396 e. The normalized spacial score (nSPS) is 13.1. The first-order chi connectivity index (χ1) is 9.56. The first-order valence-corrected chi connectivity index (χ1v) is 7.20. The van der Waals surface area contributed by atoms with Crippen LogP contribution in [0.3, 0.4) is 0 Å². The molecule has 1 unspecified atom stereocenters. The minimum atomic E-state index is -0.0398. The maximum atomic E-state index is 12.0. The second-order valence-corrected chi connectivity index (χ2v) is 5.23. The van der Waals surface area contributed by atoms with E-state index in [2.05, 4.69) is 12.2 Å². The van der Waals surface area contributed by atoms with E-state index in [1.165, 1.54) is 5.56 Å². The van der Waals surface area contributed by atoms with Crippen LogP contribution in [0.5, 0.6) is 0 Å². The third-order valence-corrected chi connectivity index (χ3v) is 3.48. The van der Waals surface area contributed by atoms with Crippen LogP contribution in [-0.2, 0) is 4.79 Å².